The zero-order valence-corrected chi connectivity index (χ0v) is 23.5. The number of piperazine rings is 1. The zero-order valence-electron chi connectivity index (χ0n) is 23.5. The maximum Gasteiger partial charge on any atom is 0.282 e. The molecule has 216 valence electrons. The Kier molecular flexibility index (Phi) is 7.25. The molecule has 0 unspecified atom stereocenters. The molecule has 1 aliphatic heterocycles. The van der Waals surface area contributed by atoms with Crippen LogP contribution in [0.3, 0.4) is 0 Å². The number of amides is 1. The summed E-state index contributed by atoms with van der Waals surface area (Å²) in [7, 11) is 1.84. The molecule has 3 aromatic heterocycles. The second kappa shape index (κ2) is 11.3. The van der Waals surface area contributed by atoms with Crippen molar-refractivity contribution in [2.24, 2.45) is 7.05 Å². The molecule has 1 aliphatic rings. The van der Waals surface area contributed by atoms with Crippen molar-refractivity contribution in [1.29, 1.82) is 5.26 Å². The number of aryl methyl sites for hydroxylation is 2. The fourth-order valence-electron chi connectivity index (χ4n) is 5.15. The average Bonchev–Trinajstić information content (AvgIpc) is 3.38. The molecule has 0 radical (unpaired) electrons. The molecule has 4 heterocycles. The average molecular weight is 579 g/mol. The molecule has 0 saturated carbocycles. The van der Waals surface area contributed by atoms with Crippen LogP contribution in [0, 0.1) is 18.3 Å². The van der Waals surface area contributed by atoms with E-state index >= 15 is 0 Å². The summed E-state index contributed by atoms with van der Waals surface area (Å²) in [6.07, 6.45) is 1.53. The van der Waals surface area contributed by atoms with Gasteiger partial charge in [0.05, 0.1) is 29.6 Å². The summed E-state index contributed by atoms with van der Waals surface area (Å²) in [6.45, 7) is 6.06. The molecule has 1 fully saturated rings. The molecule has 0 bridgehead atoms. The lowest BCUT2D eigenvalue weighted by molar-refractivity contribution is -0.131. The van der Waals surface area contributed by atoms with Gasteiger partial charge in [-0.25, -0.2) is 24.0 Å². The Bertz CT molecular complexity index is 1920. The number of halogens is 1. The van der Waals surface area contributed by atoms with Crippen LogP contribution in [0.5, 0.6) is 11.5 Å². The Labute approximate surface area is 246 Å². The molecule has 1 saturated heterocycles. The second-order valence-electron chi connectivity index (χ2n) is 10.2. The number of nitrogens with one attached hydrogen (secondary N) is 1. The third-order valence-corrected chi connectivity index (χ3v) is 7.34. The van der Waals surface area contributed by atoms with E-state index in [4.69, 9.17) is 9.72 Å². The minimum atomic E-state index is -1.04. The van der Waals surface area contributed by atoms with E-state index in [-0.39, 0.29) is 13.0 Å². The number of hydrogen-bond donors (Lipinski definition) is 1. The molecule has 13 heteroatoms. The highest BCUT2D eigenvalue weighted by Gasteiger charge is 2.32. The molecule has 1 atom stereocenters. The van der Waals surface area contributed by atoms with Crippen LogP contribution in [-0.2, 0) is 11.8 Å². The van der Waals surface area contributed by atoms with Gasteiger partial charge in [-0.3, -0.25) is 4.79 Å². The predicted octanol–water partition coefficient (Wildman–Crippen LogP) is 4.56. The van der Waals surface area contributed by atoms with E-state index in [1.165, 1.54) is 11.2 Å². The number of pyridine rings is 1. The standard InChI is InChI=1S/C30H27FN10O2/c1-18-14-20(4-8-26(18)43-22-5-7-25-24(15-22)37-38-39(25)3)35-29-28-23(33-17-34-29)6-9-27(36-28)40-12-13-41(30(42)19(2)31)21(16-40)10-11-32/h4-9,14-15,17,21H,2,10,12-13,16H2,1,3H3,(H,33,34,35)/t21-/m1/s1. The SMILES string of the molecule is C=C(F)C(=O)N1CCN(c2ccc3ncnc(Nc4ccc(Oc5ccc6c(c5)nnn6C)c(C)c4)c3n2)C[C@H]1CC#N. The van der Waals surface area contributed by atoms with Crippen molar-refractivity contribution in [2.45, 2.75) is 19.4 Å². The first-order valence-electron chi connectivity index (χ1n) is 13.5. The number of benzene rings is 2. The quantitative estimate of drug-likeness (QED) is 0.273. The Hall–Kier alpha value is -5.64. The van der Waals surface area contributed by atoms with Gasteiger partial charge >= 0.3 is 0 Å². The van der Waals surface area contributed by atoms with Gasteiger partial charge in [0, 0.05) is 38.4 Å². The normalized spacial score (nSPS) is 15.0. The van der Waals surface area contributed by atoms with E-state index in [9.17, 15) is 14.4 Å². The fraction of sp³-hybridized carbons (Fsp3) is 0.233. The number of hydrogen-bond acceptors (Lipinski definition) is 10. The van der Waals surface area contributed by atoms with Crippen molar-refractivity contribution in [1.82, 2.24) is 34.8 Å². The Morgan fingerprint density at radius 1 is 1.16 bits per heavy atom. The van der Waals surface area contributed by atoms with Gasteiger partial charge in [-0.2, -0.15) is 5.26 Å². The zero-order chi connectivity index (χ0) is 30.1. The number of rotatable bonds is 7. The molecular weight excluding hydrogens is 551 g/mol. The lowest BCUT2D eigenvalue weighted by Crippen LogP contribution is -2.55. The van der Waals surface area contributed by atoms with Crippen LogP contribution in [0.2, 0.25) is 0 Å². The number of aromatic nitrogens is 6. The summed E-state index contributed by atoms with van der Waals surface area (Å²) in [6, 6.07) is 16.7. The minimum absolute atomic E-state index is 0.0625. The summed E-state index contributed by atoms with van der Waals surface area (Å²) < 4.78 is 21.4. The lowest BCUT2D eigenvalue weighted by Gasteiger charge is -2.40. The van der Waals surface area contributed by atoms with Gasteiger partial charge < -0.3 is 19.9 Å². The molecule has 2 aromatic carbocycles. The van der Waals surface area contributed by atoms with Crippen molar-refractivity contribution in [3.8, 4) is 17.6 Å². The van der Waals surface area contributed by atoms with Crippen molar-refractivity contribution in [3.05, 3.63) is 72.8 Å². The highest BCUT2D eigenvalue weighted by atomic mass is 19.1. The summed E-state index contributed by atoms with van der Waals surface area (Å²) in [5, 5.41) is 20.8. The number of ether oxygens (including phenoxy) is 1. The van der Waals surface area contributed by atoms with Crippen LogP contribution in [0.1, 0.15) is 12.0 Å². The van der Waals surface area contributed by atoms with Gasteiger partial charge in [-0.05, 0) is 55.0 Å². The van der Waals surface area contributed by atoms with Gasteiger partial charge in [-0.15, -0.1) is 5.10 Å². The first-order chi connectivity index (χ1) is 20.8. The molecule has 0 aliphatic carbocycles. The molecule has 6 rings (SSSR count). The van der Waals surface area contributed by atoms with Crippen molar-refractivity contribution in [3.63, 3.8) is 0 Å². The minimum Gasteiger partial charge on any atom is -0.457 e. The lowest BCUT2D eigenvalue weighted by atomic mass is 10.1. The van der Waals surface area contributed by atoms with Gasteiger partial charge in [0.15, 0.2) is 11.6 Å². The number of fused-ring (bicyclic) bond motifs is 2. The van der Waals surface area contributed by atoms with Gasteiger partial charge in [0.2, 0.25) is 0 Å². The van der Waals surface area contributed by atoms with Gasteiger partial charge in [0.1, 0.15) is 34.7 Å². The van der Waals surface area contributed by atoms with Crippen LogP contribution in [-0.4, -0.2) is 66.4 Å². The molecule has 0 spiro atoms. The smallest absolute Gasteiger partial charge is 0.282 e. The maximum atomic E-state index is 13.6. The topological polar surface area (TPSA) is 138 Å². The molecule has 1 amide bonds. The van der Waals surface area contributed by atoms with Gasteiger partial charge in [0.25, 0.3) is 5.91 Å². The largest absolute Gasteiger partial charge is 0.457 e. The Morgan fingerprint density at radius 3 is 2.81 bits per heavy atom. The monoisotopic (exact) mass is 578 g/mol. The second-order valence-corrected chi connectivity index (χ2v) is 10.2. The van der Waals surface area contributed by atoms with E-state index in [1.54, 1.807) is 4.68 Å². The number of anilines is 3. The van der Waals surface area contributed by atoms with E-state index in [0.29, 0.717) is 47.3 Å². The first kappa shape index (κ1) is 27.5. The van der Waals surface area contributed by atoms with Gasteiger partial charge in [-0.1, -0.05) is 11.8 Å². The number of carbonyl (C=O) groups excluding carboxylic acids is 1. The van der Waals surface area contributed by atoms with Crippen molar-refractivity contribution in [2.75, 3.05) is 29.9 Å². The molecule has 1 N–H and O–H groups in total. The highest BCUT2D eigenvalue weighted by molar-refractivity contribution is 5.91. The van der Waals surface area contributed by atoms with Crippen LogP contribution < -0.4 is 15.0 Å². The molecule has 5 aromatic rings. The van der Waals surface area contributed by atoms with Crippen molar-refractivity contribution < 1.29 is 13.9 Å². The summed E-state index contributed by atoms with van der Waals surface area (Å²) in [5.74, 6) is 0.689. The Morgan fingerprint density at radius 2 is 2.02 bits per heavy atom. The van der Waals surface area contributed by atoms with Crippen LogP contribution in [0.25, 0.3) is 22.1 Å². The van der Waals surface area contributed by atoms with E-state index < -0.39 is 17.8 Å². The van der Waals surface area contributed by atoms with Crippen LogP contribution >= 0.6 is 0 Å². The van der Waals surface area contributed by atoms with E-state index in [0.717, 1.165) is 22.3 Å². The predicted molar refractivity (Wildman–Crippen MR) is 159 cm³/mol. The molecular formula is C30H27FN10O2. The van der Waals surface area contributed by atoms with Crippen LogP contribution in [0.15, 0.2) is 67.3 Å². The maximum absolute atomic E-state index is 13.6. The summed E-state index contributed by atoms with van der Waals surface area (Å²) in [4.78, 5) is 29.2. The van der Waals surface area contributed by atoms with E-state index in [2.05, 4.69) is 38.2 Å². The number of nitriles is 1. The third-order valence-electron chi connectivity index (χ3n) is 7.34. The van der Waals surface area contributed by atoms with Crippen molar-refractivity contribution >= 4 is 45.3 Å². The summed E-state index contributed by atoms with van der Waals surface area (Å²) >= 11 is 0. The number of carbonyl (C=O) groups is 1. The highest BCUT2D eigenvalue weighted by Crippen LogP contribution is 2.31. The van der Waals surface area contributed by atoms with E-state index in [1.807, 2.05) is 67.4 Å². The third kappa shape index (κ3) is 5.50. The Balaban J connectivity index is 1.22. The fourth-order valence-corrected chi connectivity index (χ4v) is 5.15. The molecule has 43 heavy (non-hydrogen) atoms. The first-order valence-corrected chi connectivity index (χ1v) is 13.5. The summed E-state index contributed by atoms with van der Waals surface area (Å²) in [5.41, 5.74) is 4.56. The molecule has 12 nitrogen and oxygen atoms in total. The van der Waals surface area contributed by atoms with Crippen LogP contribution in [0.4, 0.5) is 21.7 Å². The number of nitrogens with zero attached hydrogens (tertiary/aromatic N) is 9.